The summed E-state index contributed by atoms with van der Waals surface area (Å²) < 4.78 is 3.32. The Labute approximate surface area is 145 Å². The number of imidazole rings is 1. The maximum atomic E-state index is 9.48. The highest BCUT2D eigenvalue weighted by atomic mass is 16.3. The Morgan fingerprint density at radius 2 is 1.92 bits per heavy atom. The zero-order valence-corrected chi connectivity index (χ0v) is 14.3. The molecule has 8 heteroatoms. The van der Waals surface area contributed by atoms with Gasteiger partial charge >= 0.3 is 0 Å². The number of aromatic nitrogens is 6. The number of nitrogens with zero attached hydrogens (tertiary/aromatic N) is 7. The van der Waals surface area contributed by atoms with Gasteiger partial charge in [-0.1, -0.05) is 0 Å². The molecule has 3 aromatic rings. The van der Waals surface area contributed by atoms with E-state index in [0.29, 0.717) is 22.9 Å². The van der Waals surface area contributed by atoms with Crippen LogP contribution in [0.4, 0.5) is 5.95 Å². The summed E-state index contributed by atoms with van der Waals surface area (Å²) in [7, 11) is 1.84. The first-order valence-corrected chi connectivity index (χ1v) is 8.30. The van der Waals surface area contributed by atoms with Crippen molar-refractivity contribution in [2.24, 2.45) is 7.05 Å². The number of anilines is 1. The molecule has 1 N–H and O–H groups in total. The summed E-state index contributed by atoms with van der Waals surface area (Å²) in [5.41, 5.74) is 2.73. The molecule has 0 amide bonds. The Morgan fingerprint density at radius 1 is 1.12 bits per heavy atom. The normalized spacial score (nSPS) is 14.1. The summed E-state index contributed by atoms with van der Waals surface area (Å²) in [4.78, 5) is 11.1. The Hall–Kier alpha value is -2.92. The van der Waals surface area contributed by atoms with E-state index in [2.05, 4.69) is 36.9 Å². The number of aliphatic hydroxyl groups is 1. The molecule has 8 nitrogen and oxygen atoms in total. The van der Waals surface area contributed by atoms with Gasteiger partial charge in [0.2, 0.25) is 11.8 Å². The van der Waals surface area contributed by atoms with Crippen LogP contribution in [0.25, 0.3) is 5.65 Å². The van der Waals surface area contributed by atoms with Crippen LogP contribution < -0.4 is 4.90 Å². The monoisotopic (exact) mass is 337 g/mol. The SMILES string of the molecule is Cc1nc2ccc(C#Cc3nc(N4CCCC4)nn3C)nn2c1CO. The highest BCUT2D eigenvalue weighted by Crippen LogP contribution is 2.16. The molecule has 4 rings (SSSR count). The molecule has 3 aromatic heterocycles. The summed E-state index contributed by atoms with van der Waals surface area (Å²) in [5.74, 6) is 7.40. The van der Waals surface area contributed by atoms with Crippen molar-refractivity contribution in [1.29, 1.82) is 0 Å². The lowest BCUT2D eigenvalue weighted by molar-refractivity contribution is 0.273. The molecule has 1 aliphatic heterocycles. The van der Waals surface area contributed by atoms with Gasteiger partial charge in [-0.15, -0.1) is 5.10 Å². The fourth-order valence-electron chi connectivity index (χ4n) is 2.99. The molecule has 0 unspecified atom stereocenters. The number of hydrogen-bond acceptors (Lipinski definition) is 6. The average molecular weight is 337 g/mol. The van der Waals surface area contributed by atoms with Gasteiger partial charge in [-0.05, 0) is 43.7 Å². The van der Waals surface area contributed by atoms with E-state index >= 15 is 0 Å². The molecule has 0 saturated carbocycles. The van der Waals surface area contributed by atoms with Crippen molar-refractivity contribution in [2.45, 2.75) is 26.4 Å². The van der Waals surface area contributed by atoms with Gasteiger partial charge in [-0.25, -0.2) is 14.2 Å². The van der Waals surface area contributed by atoms with Crippen molar-refractivity contribution >= 4 is 11.6 Å². The molecule has 0 spiro atoms. The lowest BCUT2D eigenvalue weighted by Crippen LogP contribution is -2.19. The molecule has 0 radical (unpaired) electrons. The third-order valence-electron chi connectivity index (χ3n) is 4.36. The number of rotatable bonds is 2. The van der Waals surface area contributed by atoms with Crippen molar-refractivity contribution in [1.82, 2.24) is 29.4 Å². The van der Waals surface area contributed by atoms with Crippen LogP contribution in [0.5, 0.6) is 0 Å². The smallest absolute Gasteiger partial charge is 0.245 e. The van der Waals surface area contributed by atoms with E-state index in [1.54, 1.807) is 9.20 Å². The first-order chi connectivity index (χ1) is 12.2. The van der Waals surface area contributed by atoms with E-state index in [1.165, 1.54) is 12.8 Å². The molecular weight excluding hydrogens is 318 g/mol. The van der Waals surface area contributed by atoms with Crippen molar-refractivity contribution in [3.8, 4) is 11.8 Å². The third kappa shape index (κ3) is 2.83. The van der Waals surface area contributed by atoms with E-state index in [1.807, 2.05) is 26.1 Å². The highest BCUT2D eigenvalue weighted by Gasteiger charge is 2.17. The zero-order valence-electron chi connectivity index (χ0n) is 14.3. The van der Waals surface area contributed by atoms with Gasteiger partial charge in [0.15, 0.2) is 5.65 Å². The van der Waals surface area contributed by atoms with E-state index < -0.39 is 0 Å². The standard InChI is InChI=1S/C17H19N7O/c1-12-14(11-25)24-16(18-12)8-6-13(20-24)5-7-15-19-17(21-22(15)2)23-9-3-4-10-23/h6,8,25H,3-4,9-11H2,1-2H3. The third-order valence-corrected chi connectivity index (χ3v) is 4.36. The molecule has 128 valence electrons. The first-order valence-electron chi connectivity index (χ1n) is 8.30. The Bertz CT molecular complexity index is 986. The van der Waals surface area contributed by atoms with Crippen LogP contribution in [0, 0.1) is 18.8 Å². The number of aliphatic hydroxyl groups excluding tert-OH is 1. The van der Waals surface area contributed by atoms with Crippen LogP contribution in [0.3, 0.4) is 0 Å². The molecule has 0 bridgehead atoms. The summed E-state index contributed by atoms with van der Waals surface area (Å²) in [6.45, 7) is 3.74. The largest absolute Gasteiger partial charge is 0.390 e. The van der Waals surface area contributed by atoms with Gasteiger partial charge in [0.25, 0.3) is 0 Å². The lowest BCUT2D eigenvalue weighted by atomic mass is 10.3. The van der Waals surface area contributed by atoms with Crippen LogP contribution in [0.2, 0.25) is 0 Å². The van der Waals surface area contributed by atoms with E-state index in [9.17, 15) is 5.11 Å². The quantitative estimate of drug-likeness (QED) is 0.692. The molecule has 0 aromatic carbocycles. The maximum Gasteiger partial charge on any atom is 0.245 e. The molecule has 4 heterocycles. The van der Waals surface area contributed by atoms with Gasteiger partial charge in [-0.3, -0.25) is 0 Å². The van der Waals surface area contributed by atoms with E-state index in [4.69, 9.17) is 0 Å². The van der Waals surface area contributed by atoms with Gasteiger partial charge in [0, 0.05) is 20.1 Å². The maximum absolute atomic E-state index is 9.48. The number of aryl methyl sites for hydroxylation is 2. The van der Waals surface area contributed by atoms with Gasteiger partial charge in [0.05, 0.1) is 18.0 Å². The first kappa shape index (κ1) is 15.6. The summed E-state index contributed by atoms with van der Waals surface area (Å²) in [6.07, 6.45) is 2.36. The number of hydrogen-bond donors (Lipinski definition) is 1. The lowest BCUT2D eigenvalue weighted by Gasteiger charge is -2.10. The van der Waals surface area contributed by atoms with Crippen molar-refractivity contribution in [3.05, 3.63) is 35.0 Å². The second kappa shape index (κ2) is 6.18. The Balaban J connectivity index is 1.66. The second-order valence-corrected chi connectivity index (χ2v) is 6.09. The predicted octanol–water partition coefficient (Wildman–Crippen LogP) is 0.659. The van der Waals surface area contributed by atoms with E-state index in [-0.39, 0.29) is 6.61 Å². The molecule has 0 atom stereocenters. The second-order valence-electron chi connectivity index (χ2n) is 6.09. The summed E-state index contributed by atoms with van der Waals surface area (Å²) in [6, 6.07) is 3.66. The summed E-state index contributed by atoms with van der Waals surface area (Å²) >= 11 is 0. The van der Waals surface area contributed by atoms with E-state index in [0.717, 1.165) is 24.7 Å². The molecule has 1 fully saturated rings. The summed E-state index contributed by atoms with van der Waals surface area (Å²) in [5, 5.41) is 18.4. The van der Waals surface area contributed by atoms with Crippen LogP contribution in [0.15, 0.2) is 12.1 Å². The van der Waals surface area contributed by atoms with Crippen LogP contribution in [-0.2, 0) is 13.7 Å². The van der Waals surface area contributed by atoms with Crippen molar-refractivity contribution in [3.63, 3.8) is 0 Å². The average Bonchev–Trinajstić information content (AvgIpc) is 3.30. The van der Waals surface area contributed by atoms with Crippen LogP contribution in [0.1, 0.15) is 35.7 Å². The minimum absolute atomic E-state index is 0.112. The minimum Gasteiger partial charge on any atom is -0.390 e. The van der Waals surface area contributed by atoms with Crippen LogP contribution >= 0.6 is 0 Å². The highest BCUT2D eigenvalue weighted by molar-refractivity contribution is 5.45. The molecular formula is C17H19N7O. The minimum atomic E-state index is -0.112. The fraction of sp³-hybridized carbons (Fsp3) is 0.412. The molecule has 25 heavy (non-hydrogen) atoms. The number of fused-ring (bicyclic) bond motifs is 1. The van der Waals surface area contributed by atoms with Crippen molar-refractivity contribution in [2.75, 3.05) is 18.0 Å². The van der Waals surface area contributed by atoms with Gasteiger partial charge in [0.1, 0.15) is 5.69 Å². The predicted molar refractivity (Wildman–Crippen MR) is 92.1 cm³/mol. The van der Waals surface area contributed by atoms with Gasteiger partial charge in [-0.2, -0.15) is 10.1 Å². The zero-order chi connectivity index (χ0) is 17.4. The molecule has 1 aliphatic rings. The Morgan fingerprint density at radius 3 is 2.68 bits per heavy atom. The Kier molecular flexibility index (Phi) is 3.86. The topological polar surface area (TPSA) is 84.4 Å². The fourth-order valence-corrected chi connectivity index (χ4v) is 2.99. The van der Waals surface area contributed by atoms with Gasteiger partial charge < -0.3 is 10.0 Å². The van der Waals surface area contributed by atoms with Crippen molar-refractivity contribution < 1.29 is 5.11 Å². The molecule has 0 aliphatic carbocycles. The molecule has 1 saturated heterocycles. The van der Waals surface area contributed by atoms with Crippen LogP contribution in [-0.4, -0.2) is 47.6 Å².